The molecule has 2 aromatic heterocycles. The van der Waals surface area contributed by atoms with Gasteiger partial charge in [0, 0.05) is 11.9 Å². The van der Waals surface area contributed by atoms with Crippen LogP contribution < -0.4 is 0 Å². The Balaban J connectivity index is 2.03. The summed E-state index contributed by atoms with van der Waals surface area (Å²) in [6.07, 6.45) is 1.33. The van der Waals surface area contributed by atoms with Crippen molar-refractivity contribution in [2.75, 3.05) is 0 Å². The summed E-state index contributed by atoms with van der Waals surface area (Å²) >= 11 is 5.82. The molecule has 0 saturated carbocycles. The highest BCUT2D eigenvalue weighted by atomic mass is 35.5. The summed E-state index contributed by atoms with van der Waals surface area (Å²) in [5.41, 5.74) is 0.640. The molecule has 3 heterocycles. The van der Waals surface area contributed by atoms with E-state index in [1.807, 2.05) is 0 Å². The van der Waals surface area contributed by atoms with E-state index in [4.69, 9.17) is 11.6 Å². The van der Waals surface area contributed by atoms with Crippen LogP contribution in [0.2, 0.25) is 5.15 Å². The Bertz CT molecular complexity index is 833. The summed E-state index contributed by atoms with van der Waals surface area (Å²) in [7, 11) is -3.97. The van der Waals surface area contributed by atoms with Gasteiger partial charge in [0.15, 0.2) is 10.9 Å². The van der Waals surface area contributed by atoms with E-state index in [1.165, 1.54) is 18.3 Å². The van der Waals surface area contributed by atoms with Crippen LogP contribution >= 0.6 is 11.6 Å². The van der Waals surface area contributed by atoms with Gasteiger partial charge in [0.25, 0.3) is 15.9 Å². The smallest absolute Gasteiger partial charge is 0.268 e. The fourth-order valence-electron chi connectivity index (χ4n) is 2.05. The Morgan fingerprint density at radius 2 is 2.10 bits per heavy atom. The summed E-state index contributed by atoms with van der Waals surface area (Å²) in [4.78, 5) is 24.0. The summed E-state index contributed by atoms with van der Waals surface area (Å²) in [6, 6.07) is 4.48. The number of amides is 1. The average Bonchev–Trinajstić information content (AvgIpc) is 2.60. The normalized spacial score (nSPS) is 16.1. The maximum atomic E-state index is 12.3. The monoisotopic (exact) mass is 324 g/mol. The second-order valence-corrected chi connectivity index (χ2v) is 6.59. The van der Waals surface area contributed by atoms with Gasteiger partial charge in [-0.3, -0.25) is 4.79 Å². The molecule has 21 heavy (non-hydrogen) atoms. The Morgan fingerprint density at radius 1 is 1.33 bits per heavy atom. The molecule has 108 valence electrons. The Kier molecular flexibility index (Phi) is 3.14. The van der Waals surface area contributed by atoms with Crippen molar-refractivity contribution in [3.63, 3.8) is 0 Å². The molecule has 7 nitrogen and oxygen atoms in total. The molecular weight excluding hydrogens is 316 g/mol. The number of fused-ring (bicyclic) bond motifs is 1. The molecule has 1 amide bonds. The van der Waals surface area contributed by atoms with Crippen LogP contribution in [0.15, 0.2) is 29.4 Å². The first-order chi connectivity index (χ1) is 9.89. The first-order valence-electron chi connectivity index (χ1n) is 5.92. The van der Waals surface area contributed by atoms with Crippen molar-refractivity contribution in [2.24, 2.45) is 0 Å². The molecule has 9 heteroatoms. The number of nitrogens with zero attached hydrogens (tertiary/aromatic N) is 4. The highest BCUT2D eigenvalue weighted by molar-refractivity contribution is 7.90. The molecule has 0 spiro atoms. The van der Waals surface area contributed by atoms with E-state index in [0.29, 0.717) is 10.00 Å². The standard InChI is InChI=1S/C12H9ClN4O3S/c1-7-5-9(13)16-10(15-7)6-17-12(18)8-3-2-4-14-11(8)21(17,19)20/h2-5H,6H2,1H3. The molecule has 3 rings (SSSR count). The number of aryl methyl sites for hydroxylation is 1. The van der Waals surface area contributed by atoms with E-state index in [1.54, 1.807) is 13.0 Å². The molecule has 0 fully saturated rings. The van der Waals surface area contributed by atoms with Gasteiger partial charge in [-0.25, -0.2) is 19.3 Å². The van der Waals surface area contributed by atoms with E-state index in [9.17, 15) is 13.2 Å². The van der Waals surface area contributed by atoms with Gasteiger partial charge >= 0.3 is 0 Å². The Morgan fingerprint density at radius 3 is 2.76 bits per heavy atom. The number of sulfonamides is 1. The third-order valence-electron chi connectivity index (χ3n) is 2.92. The van der Waals surface area contributed by atoms with Crippen LogP contribution in [0.25, 0.3) is 0 Å². The number of carbonyl (C=O) groups excluding carboxylic acids is 1. The van der Waals surface area contributed by atoms with Crippen molar-refractivity contribution in [1.29, 1.82) is 0 Å². The minimum Gasteiger partial charge on any atom is -0.268 e. The molecule has 1 aliphatic rings. The number of aromatic nitrogens is 3. The van der Waals surface area contributed by atoms with Gasteiger partial charge in [-0.15, -0.1) is 0 Å². The number of halogens is 1. The van der Waals surface area contributed by atoms with E-state index in [-0.39, 0.29) is 28.1 Å². The largest absolute Gasteiger partial charge is 0.285 e. The molecule has 0 aliphatic carbocycles. The molecule has 0 N–H and O–H groups in total. The highest BCUT2D eigenvalue weighted by Crippen LogP contribution is 2.29. The van der Waals surface area contributed by atoms with Crippen molar-refractivity contribution < 1.29 is 13.2 Å². The minimum absolute atomic E-state index is 0.0521. The second-order valence-electron chi connectivity index (χ2n) is 4.42. The van der Waals surface area contributed by atoms with Gasteiger partial charge in [-0.1, -0.05) is 11.6 Å². The first-order valence-corrected chi connectivity index (χ1v) is 7.73. The van der Waals surface area contributed by atoms with Crippen molar-refractivity contribution in [3.05, 3.63) is 46.6 Å². The zero-order valence-electron chi connectivity index (χ0n) is 10.8. The summed E-state index contributed by atoms with van der Waals surface area (Å²) in [5.74, 6) is -0.482. The average molecular weight is 325 g/mol. The van der Waals surface area contributed by atoms with Crippen molar-refractivity contribution in [1.82, 2.24) is 19.3 Å². The van der Waals surface area contributed by atoms with Gasteiger partial charge in [0.2, 0.25) is 0 Å². The van der Waals surface area contributed by atoms with Gasteiger partial charge < -0.3 is 0 Å². The van der Waals surface area contributed by atoms with Crippen LogP contribution in [0, 0.1) is 6.92 Å². The maximum absolute atomic E-state index is 12.3. The van der Waals surface area contributed by atoms with E-state index in [2.05, 4.69) is 15.0 Å². The first kappa shape index (κ1) is 13.9. The van der Waals surface area contributed by atoms with E-state index in [0.717, 1.165) is 0 Å². The topological polar surface area (TPSA) is 93.1 Å². The van der Waals surface area contributed by atoms with Crippen LogP contribution in [-0.4, -0.2) is 33.6 Å². The molecule has 2 aromatic rings. The number of rotatable bonds is 2. The number of carbonyl (C=O) groups is 1. The predicted molar refractivity (Wildman–Crippen MR) is 73.1 cm³/mol. The summed E-state index contributed by atoms with van der Waals surface area (Å²) < 4.78 is 25.3. The summed E-state index contributed by atoms with van der Waals surface area (Å²) in [6.45, 7) is 1.42. The fraction of sp³-hybridized carbons (Fsp3) is 0.167. The quantitative estimate of drug-likeness (QED) is 0.770. The third kappa shape index (κ3) is 2.26. The van der Waals surface area contributed by atoms with Gasteiger partial charge in [0.05, 0.1) is 12.1 Å². The van der Waals surface area contributed by atoms with E-state index >= 15 is 0 Å². The lowest BCUT2D eigenvalue weighted by molar-refractivity contribution is 0.0862. The molecular formula is C12H9ClN4O3S. The Hall–Kier alpha value is -2.06. The second kappa shape index (κ2) is 4.74. The lowest BCUT2D eigenvalue weighted by Gasteiger charge is -2.13. The van der Waals surface area contributed by atoms with Crippen molar-refractivity contribution >= 4 is 27.5 Å². The van der Waals surface area contributed by atoms with Gasteiger partial charge in [-0.05, 0) is 25.1 Å². The molecule has 0 radical (unpaired) electrons. The number of hydrogen-bond donors (Lipinski definition) is 0. The van der Waals surface area contributed by atoms with Crippen LogP contribution in [0.3, 0.4) is 0 Å². The summed E-state index contributed by atoms with van der Waals surface area (Å²) in [5, 5.41) is -0.0501. The maximum Gasteiger partial charge on any atom is 0.285 e. The Labute approximate surface area is 125 Å². The lowest BCUT2D eigenvalue weighted by Crippen LogP contribution is -2.30. The molecule has 0 saturated heterocycles. The van der Waals surface area contributed by atoms with Crippen molar-refractivity contribution in [2.45, 2.75) is 18.5 Å². The molecule has 0 unspecified atom stereocenters. The molecule has 0 bridgehead atoms. The van der Waals surface area contributed by atoms with Crippen LogP contribution in [0.4, 0.5) is 0 Å². The SMILES string of the molecule is Cc1cc(Cl)nc(CN2C(=O)c3cccnc3S2(=O)=O)n1. The molecule has 0 aromatic carbocycles. The number of hydrogen-bond acceptors (Lipinski definition) is 6. The predicted octanol–water partition coefficient (Wildman–Crippen LogP) is 1.18. The fourth-order valence-corrected chi connectivity index (χ4v) is 3.75. The minimum atomic E-state index is -3.97. The molecule has 0 atom stereocenters. The molecule has 1 aliphatic heterocycles. The zero-order chi connectivity index (χ0) is 15.2. The van der Waals surface area contributed by atoms with Crippen molar-refractivity contribution in [3.8, 4) is 0 Å². The zero-order valence-corrected chi connectivity index (χ0v) is 12.4. The van der Waals surface area contributed by atoms with Gasteiger partial charge in [0.1, 0.15) is 5.15 Å². The van der Waals surface area contributed by atoms with Crippen LogP contribution in [-0.2, 0) is 16.6 Å². The van der Waals surface area contributed by atoms with Crippen LogP contribution in [0.5, 0.6) is 0 Å². The van der Waals surface area contributed by atoms with E-state index < -0.39 is 15.9 Å². The van der Waals surface area contributed by atoms with Crippen LogP contribution in [0.1, 0.15) is 21.9 Å². The third-order valence-corrected chi connectivity index (χ3v) is 4.80. The van der Waals surface area contributed by atoms with Gasteiger partial charge in [-0.2, -0.15) is 8.42 Å². The number of pyridine rings is 1. The lowest BCUT2D eigenvalue weighted by atomic mass is 10.3. The highest BCUT2D eigenvalue weighted by Gasteiger charge is 2.42.